The number of amides is 1. The van der Waals surface area contributed by atoms with Gasteiger partial charge < -0.3 is 15.0 Å². The molecule has 0 atom stereocenters. The van der Waals surface area contributed by atoms with Crippen molar-refractivity contribution >= 4 is 34.2 Å². The number of hydrogen-bond donors (Lipinski definition) is 1. The lowest BCUT2D eigenvalue weighted by Gasteiger charge is -2.31. The highest BCUT2D eigenvalue weighted by Gasteiger charge is 2.22. The van der Waals surface area contributed by atoms with Gasteiger partial charge in [0.2, 0.25) is 5.13 Å². The first-order valence-electron chi connectivity index (χ1n) is 10.3. The SMILES string of the molecule is COc1cccc(C(=O)NCC2CCN(c3nc(Cc4ccc(Cl)cc4)ns3)CC2)c1. The molecule has 0 aliphatic carbocycles. The van der Waals surface area contributed by atoms with Gasteiger partial charge in [0.15, 0.2) is 0 Å². The number of halogens is 1. The van der Waals surface area contributed by atoms with Crippen LogP contribution in [-0.4, -0.2) is 42.0 Å². The molecular weight excluding hydrogens is 432 g/mol. The normalized spacial score (nSPS) is 14.5. The smallest absolute Gasteiger partial charge is 0.251 e. The highest BCUT2D eigenvalue weighted by molar-refractivity contribution is 7.09. The van der Waals surface area contributed by atoms with E-state index in [9.17, 15) is 4.79 Å². The zero-order chi connectivity index (χ0) is 21.6. The summed E-state index contributed by atoms with van der Waals surface area (Å²) in [5, 5.41) is 4.77. The summed E-state index contributed by atoms with van der Waals surface area (Å²) in [7, 11) is 1.60. The molecule has 8 heteroatoms. The van der Waals surface area contributed by atoms with E-state index in [4.69, 9.17) is 21.3 Å². The van der Waals surface area contributed by atoms with E-state index < -0.39 is 0 Å². The van der Waals surface area contributed by atoms with Crippen molar-refractivity contribution in [2.24, 2.45) is 5.92 Å². The number of rotatable bonds is 7. The van der Waals surface area contributed by atoms with E-state index >= 15 is 0 Å². The van der Waals surface area contributed by atoms with E-state index in [0.717, 1.165) is 47.5 Å². The van der Waals surface area contributed by atoms with Crippen LogP contribution in [-0.2, 0) is 6.42 Å². The minimum atomic E-state index is -0.0581. The molecular formula is C23H25ClN4O2S. The summed E-state index contributed by atoms with van der Waals surface area (Å²) in [6, 6.07) is 15.0. The minimum Gasteiger partial charge on any atom is -0.497 e. The Balaban J connectivity index is 1.24. The van der Waals surface area contributed by atoms with Gasteiger partial charge in [0.1, 0.15) is 11.6 Å². The summed E-state index contributed by atoms with van der Waals surface area (Å²) in [4.78, 5) is 19.4. The van der Waals surface area contributed by atoms with Gasteiger partial charge >= 0.3 is 0 Å². The van der Waals surface area contributed by atoms with E-state index in [1.54, 1.807) is 19.2 Å². The molecule has 1 aliphatic rings. The number of carbonyl (C=O) groups excluding carboxylic acids is 1. The second-order valence-electron chi connectivity index (χ2n) is 7.67. The van der Waals surface area contributed by atoms with Crippen molar-refractivity contribution < 1.29 is 9.53 Å². The van der Waals surface area contributed by atoms with Crippen molar-refractivity contribution in [2.45, 2.75) is 19.3 Å². The van der Waals surface area contributed by atoms with Crippen molar-refractivity contribution in [1.29, 1.82) is 0 Å². The molecule has 3 aromatic rings. The van der Waals surface area contributed by atoms with Crippen molar-refractivity contribution in [2.75, 3.05) is 31.6 Å². The van der Waals surface area contributed by atoms with Crippen LogP contribution in [0.15, 0.2) is 48.5 Å². The number of piperidine rings is 1. The number of aromatic nitrogens is 2. The zero-order valence-electron chi connectivity index (χ0n) is 17.4. The van der Waals surface area contributed by atoms with Crippen LogP contribution < -0.4 is 15.0 Å². The number of hydrogen-bond acceptors (Lipinski definition) is 6. The fourth-order valence-electron chi connectivity index (χ4n) is 3.66. The van der Waals surface area contributed by atoms with Gasteiger partial charge in [-0.3, -0.25) is 4.79 Å². The van der Waals surface area contributed by atoms with E-state index in [2.05, 4.69) is 14.6 Å². The Morgan fingerprint density at radius 2 is 2.00 bits per heavy atom. The first-order valence-corrected chi connectivity index (χ1v) is 11.5. The van der Waals surface area contributed by atoms with Crippen LogP contribution in [0.2, 0.25) is 5.02 Å². The zero-order valence-corrected chi connectivity index (χ0v) is 19.0. The molecule has 6 nitrogen and oxygen atoms in total. The van der Waals surface area contributed by atoms with Gasteiger partial charge in [0.25, 0.3) is 5.91 Å². The average molecular weight is 457 g/mol. The maximum Gasteiger partial charge on any atom is 0.251 e. The highest BCUT2D eigenvalue weighted by atomic mass is 35.5. The summed E-state index contributed by atoms with van der Waals surface area (Å²) < 4.78 is 9.72. The van der Waals surface area contributed by atoms with Gasteiger partial charge in [0, 0.05) is 48.2 Å². The lowest BCUT2D eigenvalue weighted by molar-refractivity contribution is 0.0944. The predicted molar refractivity (Wildman–Crippen MR) is 124 cm³/mol. The lowest BCUT2D eigenvalue weighted by atomic mass is 9.97. The molecule has 2 aromatic carbocycles. The third-order valence-corrected chi connectivity index (χ3v) is 6.57. The first kappa shape index (κ1) is 21.6. The highest BCUT2D eigenvalue weighted by Crippen LogP contribution is 2.25. The number of methoxy groups -OCH3 is 1. The maximum absolute atomic E-state index is 12.4. The van der Waals surface area contributed by atoms with E-state index in [0.29, 0.717) is 30.2 Å². The van der Waals surface area contributed by atoms with Crippen molar-refractivity contribution in [3.05, 3.63) is 70.5 Å². The summed E-state index contributed by atoms with van der Waals surface area (Å²) in [5.41, 5.74) is 1.78. The monoisotopic (exact) mass is 456 g/mol. The summed E-state index contributed by atoms with van der Waals surface area (Å²) in [5.74, 6) is 1.94. The molecule has 1 aromatic heterocycles. The van der Waals surface area contributed by atoms with E-state index in [1.165, 1.54) is 11.5 Å². The lowest BCUT2D eigenvalue weighted by Crippen LogP contribution is -2.38. The van der Waals surface area contributed by atoms with Crippen LogP contribution in [0.25, 0.3) is 0 Å². The fraction of sp³-hybridized carbons (Fsp3) is 0.348. The van der Waals surface area contributed by atoms with E-state index in [1.807, 2.05) is 36.4 Å². The molecule has 4 rings (SSSR count). The number of ether oxygens (including phenoxy) is 1. The third kappa shape index (κ3) is 5.74. The van der Waals surface area contributed by atoms with Gasteiger partial charge in [-0.25, -0.2) is 4.98 Å². The maximum atomic E-state index is 12.4. The van der Waals surface area contributed by atoms with Gasteiger partial charge in [-0.15, -0.1) is 0 Å². The van der Waals surface area contributed by atoms with Gasteiger partial charge in [-0.1, -0.05) is 29.8 Å². The summed E-state index contributed by atoms with van der Waals surface area (Å²) >= 11 is 7.41. The Labute approximate surface area is 191 Å². The number of nitrogens with one attached hydrogen (secondary N) is 1. The Kier molecular flexibility index (Phi) is 7.04. The predicted octanol–water partition coefficient (Wildman–Crippen LogP) is 4.44. The Bertz CT molecular complexity index is 1020. The standard InChI is InChI=1S/C23H25ClN4O2S/c1-30-20-4-2-3-18(14-20)22(29)25-15-17-9-11-28(12-10-17)23-26-21(27-31-23)13-16-5-7-19(24)8-6-16/h2-8,14,17H,9-13,15H2,1H3,(H,25,29). The Hall–Kier alpha value is -2.64. The molecule has 0 bridgehead atoms. The fourth-order valence-corrected chi connectivity index (χ4v) is 4.52. The summed E-state index contributed by atoms with van der Waals surface area (Å²) in [6.07, 6.45) is 2.75. The average Bonchev–Trinajstić information content (AvgIpc) is 3.28. The number of carbonyl (C=O) groups is 1. The molecule has 1 fully saturated rings. The van der Waals surface area contributed by atoms with E-state index in [-0.39, 0.29) is 5.91 Å². The van der Waals surface area contributed by atoms with Crippen LogP contribution in [0, 0.1) is 5.92 Å². The summed E-state index contributed by atoms with van der Waals surface area (Å²) in [6.45, 7) is 2.53. The molecule has 1 aliphatic heterocycles. The number of nitrogens with zero attached hydrogens (tertiary/aromatic N) is 3. The largest absolute Gasteiger partial charge is 0.497 e. The molecule has 0 radical (unpaired) electrons. The van der Waals surface area contributed by atoms with Crippen LogP contribution in [0.5, 0.6) is 5.75 Å². The molecule has 1 N–H and O–H groups in total. The quantitative estimate of drug-likeness (QED) is 0.569. The number of benzene rings is 2. The van der Waals surface area contributed by atoms with Gasteiger partial charge in [0.05, 0.1) is 7.11 Å². The Morgan fingerprint density at radius 1 is 1.23 bits per heavy atom. The van der Waals surface area contributed by atoms with Gasteiger partial charge in [-0.2, -0.15) is 4.37 Å². The topological polar surface area (TPSA) is 67.3 Å². The molecule has 31 heavy (non-hydrogen) atoms. The third-order valence-electron chi connectivity index (χ3n) is 5.50. The second kappa shape index (κ2) is 10.1. The molecule has 2 heterocycles. The molecule has 1 amide bonds. The second-order valence-corrected chi connectivity index (χ2v) is 8.84. The molecule has 0 unspecified atom stereocenters. The molecule has 0 spiro atoms. The van der Waals surface area contributed by atoms with Gasteiger partial charge in [-0.05, 0) is 54.7 Å². The molecule has 162 valence electrons. The van der Waals surface area contributed by atoms with Crippen LogP contribution in [0.1, 0.15) is 34.6 Å². The van der Waals surface area contributed by atoms with Crippen LogP contribution in [0.4, 0.5) is 5.13 Å². The van der Waals surface area contributed by atoms with Crippen molar-refractivity contribution in [3.63, 3.8) is 0 Å². The minimum absolute atomic E-state index is 0.0581. The first-order chi connectivity index (χ1) is 15.1. The Morgan fingerprint density at radius 3 is 2.74 bits per heavy atom. The molecule has 0 saturated carbocycles. The molecule has 1 saturated heterocycles. The van der Waals surface area contributed by atoms with Crippen LogP contribution >= 0.6 is 23.1 Å². The van der Waals surface area contributed by atoms with Crippen LogP contribution in [0.3, 0.4) is 0 Å². The van der Waals surface area contributed by atoms with Crippen molar-refractivity contribution in [1.82, 2.24) is 14.7 Å². The number of anilines is 1. The van der Waals surface area contributed by atoms with Crippen molar-refractivity contribution in [3.8, 4) is 5.75 Å².